The molecule has 0 radical (unpaired) electrons. The zero-order chi connectivity index (χ0) is 17.9. The predicted octanol–water partition coefficient (Wildman–Crippen LogP) is 4.99. The molecule has 4 aromatic rings. The van der Waals surface area contributed by atoms with Gasteiger partial charge in [-0.3, -0.25) is 0 Å². The number of halogens is 1. The molecule has 0 amide bonds. The van der Waals surface area contributed by atoms with Gasteiger partial charge in [0.1, 0.15) is 11.5 Å². The zero-order valence-corrected chi connectivity index (χ0v) is 14.6. The van der Waals surface area contributed by atoms with Gasteiger partial charge in [-0.05, 0) is 25.1 Å². The van der Waals surface area contributed by atoms with Crippen molar-refractivity contribution in [3.05, 3.63) is 96.1 Å². The molecule has 2 aromatic heterocycles. The first-order chi connectivity index (χ1) is 12.7. The van der Waals surface area contributed by atoms with E-state index in [1.165, 1.54) is 6.07 Å². The molecule has 130 valence electrons. The van der Waals surface area contributed by atoms with Gasteiger partial charge in [-0.2, -0.15) is 0 Å². The van der Waals surface area contributed by atoms with Crippen molar-refractivity contribution in [3.8, 4) is 11.3 Å². The monoisotopic (exact) mass is 345 g/mol. The Bertz CT molecular complexity index is 1020. The highest BCUT2D eigenvalue weighted by atomic mass is 19.1. The standard InChI is InChI=1S/C22H20FN3/c1-16(18-11-5-6-12-19(18)23)24-15-20-22(17-9-3-2-4-10-17)25-21-13-7-8-14-26(20)21/h2-14,16,24H,15H2,1H3. The summed E-state index contributed by atoms with van der Waals surface area (Å²) in [5, 5.41) is 3.44. The van der Waals surface area contributed by atoms with Gasteiger partial charge in [-0.25, -0.2) is 9.37 Å². The lowest BCUT2D eigenvalue weighted by Gasteiger charge is -2.15. The summed E-state index contributed by atoms with van der Waals surface area (Å²) in [6.45, 7) is 2.56. The van der Waals surface area contributed by atoms with E-state index in [-0.39, 0.29) is 11.9 Å². The molecule has 0 fully saturated rings. The Kier molecular flexibility index (Phi) is 4.50. The molecule has 4 heteroatoms. The van der Waals surface area contributed by atoms with Crippen LogP contribution in [0.4, 0.5) is 4.39 Å². The molecule has 1 atom stereocenters. The fourth-order valence-corrected chi connectivity index (χ4v) is 3.23. The number of hydrogen-bond acceptors (Lipinski definition) is 2. The minimum atomic E-state index is -0.186. The third-order valence-corrected chi connectivity index (χ3v) is 4.62. The molecule has 26 heavy (non-hydrogen) atoms. The Labute approximate surface area is 152 Å². The largest absolute Gasteiger partial charge is 0.304 e. The van der Waals surface area contributed by atoms with Crippen molar-refractivity contribution >= 4 is 5.65 Å². The van der Waals surface area contributed by atoms with Crippen molar-refractivity contribution in [2.24, 2.45) is 0 Å². The lowest BCUT2D eigenvalue weighted by Crippen LogP contribution is -2.20. The van der Waals surface area contributed by atoms with E-state index < -0.39 is 0 Å². The fourth-order valence-electron chi connectivity index (χ4n) is 3.23. The van der Waals surface area contributed by atoms with Gasteiger partial charge >= 0.3 is 0 Å². The molecule has 2 aromatic carbocycles. The smallest absolute Gasteiger partial charge is 0.137 e. The van der Waals surface area contributed by atoms with Crippen LogP contribution in [-0.4, -0.2) is 9.38 Å². The number of pyridine rings is 1. The van der Waals surface area contributed by atoms with Gasteiger partial charge in [0.15, 0.2) is 0 Å². The lowest BCUT2D eigenvalue weighted by molar-refractivity contribution is 0.524. The van der Waals surface area contributed by atoms with Crippen LogP contribution in [0.25, 0.3) is 16.9 Å². The van der Waals surface area contributed by atoms with E-state index in [1.54, 1.807) is 6.07 Å². The van der Waals surface area contributed by atoms with Crippen LogP contribution < -0.4 is 5.32 Å². The topological polar surface area (TPSA) is 29.3 Å². The molecule has 1 unspecified atom stereocenters. The van der Waals surface area contributed by atoms with Crippen molar-refractivity contribution in [2.75, 3.05) is 0 Å². The van der Waals surface area contributed by atoms with E-state index in [0.29, 0.717) is 12.1 Å². The Balaban J connectivity index is 1.68. The van der Waals surface area contributed by atoms with Gasteiger partial charge in [0.2, 0.25) is 0 Å². The molecule has 4 rings (SSSR count). The summed E-state index contributed by atoms with van der Waals surface area (Å²) in [4.78, 5) is 4.80. The number of aromatic nitrogens is 2. The quantitative estimate of drug-likeness (QED) is 0.552. The van der Waals surface area contributed by atoms with E-state index in [4.69, 9.17) is 4.98 Å². The molecule has 0 saturated carbocycles. The molecule has 0 aliphatic heterocycles. The second-order valence-corrected chi connectivity index (χ2v) is 6.33. The molecular formula is C22H20FN3. The maximum atomic E-state index is 14.0. The highest BCUT2D eigenvalue weighted by molar-refractivity contribution is 5.66. The molecule has 0 spiro atoms. The first-order valence-electron chi connectivity index (χ1n) is 8.73. The zero-order valence-electron chi connectivity index (χ0n) is 14.6. The number of imidazole rings is 1. The number of rotatable bonds is 5. The predicted molar refractivity (Wildman–Crippen MR) is 102 cm³/mol. The fraction of sp³-hybridized carbons (Fsp3) is 0.136. The van der Waals surface area contributed by atoms with Gasteiger partial charge in [0.25, 0.3) is 0 Å². The molecule has 1 N–H and O–H groups in total. The first-order valence-corrected chi connectivity index (χ1v) is 8.73. The minimum Gasteiger partial charge on any atom is -0.304 e. The normalized spacial score (nSPS) is 12.4. The van der Waals surface area contributed by atoms with Crippen molar-refractivity contribution in [1.82, 2.24) is 14.7 Å². The van der Waals surface area contributed by atoms with E-state index in [1.807, 2.05) is 61.7 Å². The summed E-state index contributed by atoms with van der Waals surface area (Å²) in [5.74, 6) is -0.186. The lowest BCUT2D eigenvalue weighted by atomic mass is 10.1. The highest BCUT2D eigenvalue weighted by Crippen LogP contribution is 2.25. The van der Waals surface area contributed by atoms with Gasteiger partial charge in [-0.15, -0.1) is 0 Å². The maximum absolute atomic E-state index is 14.0. The van der Waals surface area contributed by atoms with Crippen molar-refractivity contribution < 1.29 is 4.39 Å². The second kappa shape index (κ2) is 7.10. The van der Waals surface area contributed by atoms with Crippen LogP contribution in [0.15, 0.2) is 79.0 Å². The summed E-state index contributed by atoms with van der Waals surface area (Å²) in [5.41, 5.74) is 4.66. The number of nitrogens with one attached hydrogen (secondary N) is 1. The van der Waals surface area contributed by atoms with Gasteiger partial charge < -0.3 is 9.72 Å². The summed E-state index contributed by atoms with van der Waals surface area (Å²) >= 11 is 0. The van der Waals surface area contributed by atoms with Crippen molar-refractivity contribution in [1.29, 1.82) is 0 Å². The molecule has 2 heterocycles. The van der Waals surface area contributed by atoms with Crippen LogP contribution in [-0.2, 0) is 6.54 Å². The van der Waals surface area contributed by atoms with Gasteiger partial charge in [-0.1, -0.05) is 54.6 Å². The molecule has 0 bridgehead atoms. The number of nitrogens with zero attached hydrogens (tertiary/aromatic N) is 2. The molecule has 0 aliphatic carbocycles. The Hall–Kier alpha value is -2.98. The summed E-state index contributed by atoms with van der Waals surface area (Å²) in [6.07, 6.45) is 2.01. The average Bonchev–Trinajstić information content (AvgIpc) is 3.06. The van der Waals surface area contributed by atoms with Crippen LogP contribution in [0.2, 0.25) is 0 Å². The number of hydrogen-bond donors (Lipinski definition) is 1. The van der Waals surface area contributed by atoms with Crippen LogP contribution in [0.5, 0.6) is 0 Å². The van der Waals surface area contributed by atoms with Crippen molar-refractivity contribution in [3.63, 3.8) is 0 Å². The Morgan fingerprint density at radius 3 is 2.50 bits per heavy atom. The molecule has 3 nitrogen and oxygen atoms in total. The maximum Gasteiger partial charge on any atom is 0.137 e. The summed E-state index contributed by atoms with van der Waals surface area (Å²) in [7, 11) is 0. The van der Waals surface area contributed by atoms with Crippen molar-refractivity contribution in [2.45, 2.75) is 19.5 Å². The Morgan fingerprint density at radius 2 is 1.69 bits per heavy atom. The van der Waals surface area contributed by atoms with Crippen LogP contribution in [0, 0.1) is 5.82 Å². The van der Waals surface area contributed by atoms with E-state index >= 15 is 0 Å². The molecule has 0 saturated heterocycles. The highest BCUT2D eigenvalue weighted by Gasteiger charge is 2.16. The first kappa shape index (κ1) is 16.5. The Morgan fingerprint density at radius 1 is 0.962 bits per heavy atom. The van der Waals surface area contributed by atoms with Crippen LogP contribution >= 0.6 is 0 Å². The second-order valence-electron chi connectivity index (χ2n) is 6.33. The summed E-state index contributed by atoms with van der Waals surface area (Å²) in [6, 6.07) is 22.9. The van der Waals surface area contributed by atoms with Crippen LogP contribution in [0.1, 0.15) is 24.2 Å². The third kappa shape index (κ3) is 3.11. The van der Waals surface area contributed by atoms with Crippen LogP contribution in [0.3, 0.4) is 0 Å². The van der Waals surface area contributed by atoms with Gasteiger partial charge in [0, 0.05) is 29.9 Å². The van der Waals surface area contributed by atoms with E-state index in [0.717, 1.165) is 22.6 Å². The third-order valence-electron chi connectivity index (χ3n) is 4.62. The molecule has 0 aliphatic rings. The average molecular weight is 345 g/mol. The molecular weight excluding hydrogens is 325 g/mol. The van der Waals surface area contributed by atoms with Gasteiger partial charge in [0.05, 0.1) is 11.4 Å². The number of benzene rings is 2. The minimum absolute atomic E-state index is 0.103. The number of fused-ring (bicyclic) bond motifs is 1. The SMILES string of the molecule is CC(NCc1c(-c2ccccc2)nc2ccccn12)c1ccccc1F. The van der Waals surface area contributed by atoms with E-state index in [2.05, 4.69) is 21.9 Å². The summed E-state index contributed by atoms with van der Waals surface area (Å²) < 4.78 is 16.1. The van der Waals surface area contributed by atoms with E-state index in [9.17, 15) is 4.39 Å².